The minimum atomic E-state index is -0.761. The van der Waals surface area contributed by atoms with Crippen molar-refractivity contribution in [1.29, 1.82) is 0 Å². The molecule has 0 bridgehead atoms. The minimum absolute atomic E-state index is 0.0633. The number of rotatable bonds is 51. The summed E-state index contributed by atoms with van der Waals surface area (Å²) in [6.07, 6.45) is 52.5. The van der Waals surface area contributed by atoms with Gasteiger partial charge >= 0.3 is 17.9 Å². The van der Waals surface area contributed by atoms with E-state index < -0.39 is 6.10 Å². The highest BCUT2D eigenvalue weighted by atomic mass is 16.6. The maximum atomic E-state index is 12.8. The van der Waals surface area contributed by atoms with Gasteiger partial charge in [-0.2, -0.15) is 0 Å². The summed E-state index contributed by atoms with van der Waals surface area (Å²) >= 11 is 0. The molecule has 0 aromatic carbocycles. The molecule has 0 aliphatic heterocycles. The van der Waals surface area contributed by atoms with Crippen LogP contribution >= 0.6 is 0 Å². The number of hydrogen-bond acceptors (Lipinski definition) is 6. The number of unbranched alkanes of at least 4 members (excludes halogenated alkanes) is 35. The normalized spacial score (nSPS) is 12.5. The zero-order valence-electron chi connectivity index (χ0n) is 43.2. The van der Waals surface area contributed by atoms with Crippen LogP contribution in [0.4, 0.5) is 0 Å². The Bertz CT molecular complexity index is 964. The zero-order chi connectivity index (χ0) is 46.1. The number of esters is 3. The molecule has 0 aliphatic carbocycles. The van der Waals surface area contributed by atoms with Crippen LogP contribution in [0.1, 0.15) is 317 Å². The Morgan fingerprint density at radius 3 is 0.905 bits per heavy atom. The third-order valence-corrected chi connectivity index (χ3v) is 13.3. The van der Waals surface area contributed by atoms with Crippen molar-refractivity contribution in [2.75, 3.05) is 13.2 Å². The highest BCUT2D eigenvalue weighted by Gasteiger charge is 2.19. The van der Waals surface area contributed by atoms with Crippen molar-refractivity contribution in [3.05, 3.63) is 0 Å². The fourth-order valence-corrected chi connectivity index (χ4v) is 8.66. The topological polar surface area (TPSA) is 78.9 Å². The van der Waals surface area contributed by atoms with Gasteiger partial charge < -0.3 is 14.2 Å². The first-order valence-electron chi connectivity index (χ1n) is 28.3. The van der Waals surface area contributed by atoms with E-state index in [2.05, 4.69) is 34.6 Å². The standard InChI is InChI=1S/C57H110O6/c1-6-8-9-10-30-37-42-47-55(58)61-50-54(63-57(60)49-44-39-34-29-25-21-17-18-22-26-31-35-40-45-52(3)4)51-62-56(59)48-43-38-33-28-24-20-16-14-12-11-13-15-19-23-27-32-36-41-46-53(5)7-2/h52-54H,6-51H2,1-5H3/t53?,54-/m1/s1. The van der Waals surface area contributed by atoms with Crippen LogP contribution in [0, 0.1) is 11.8 Å². The summed E-state index contributed by atoms with van der Waals surface area (Å²) in [5, 5.41) is 0. The van der Waals surface area contributed by atoms with Crippen molar-refractivity contribution in [1.82, 2.24) is 0 Å². The van der Waals surface area contributed by atoms with Gasteiger partial charge in [-0.25, -0.2) is 0 Å². The van der Waals surface area contributed by atoms with E-state index in [9.17, 15) is 14.4 Å². The van der Waals surface area contributed by atoms with Gasteiger partial charge in [0.2, 0.25) is 0 Å². The van der Waals surface area contributed by atoms with Crippen LogP contribution in [-0.4, -0.2) is 37.2 Å². The Labute approximate surface area is 393 Å². The molecule has 0 fully saturated rings. The van der Waals surface area contributed by atoms with Gasteiger partial charge in [0, 0.05) is 19.3 Å². The second-order valence-corrected chi connectivity index (χ2v) is 20.3. The van der Waals surface area contributed by atoms with Crippen molar-refractivity contribution in [2.45, 2.75) is 323 Å². The molecule has 0 heterocycles. The molecule has 0 N–H and O–H groups in total. The minimum Gasteiger partial charge on any atom is -0.462 e. The molecule has 1 unspecified atom stereocenters. The molecule has 0 rings (SSSR count). The monoisotopic (exact) mass is 891 g/mol. The van der Waals surface area contributed by atoms with Gasteiger partial charge in [-0.3, -0.25) is 14.4 Å². The third kappa shape index (κ3) is 49.7. The molecule has 6 heteroatoms. The first-order valence-corrected chi connectivity index (χ1v) is 28.3. The summed E-state index contributed by atoms with van der Waals surface area (Å²) < 4.78 is 16.8. The molecule has 0 aromatic heterocycles. The molecule has 6 nitrogen and oxygen atoms in total. The first kappa shape index (κ1) is 61.4. The van der Waals surface area contributed by atoms with Crippen LogP contribution in [-0.2, 0) is 28.6 Å². The van der Waals surface area contributed by atoms with Gasteiger partial charge in [0.1, 0.15) is 13.2 Å². The fourth-order valence-electron chi connectivity index (χ4n) is 8.66. The molecular weight excluding hydrogens is 781 g/mol. The molecule has 0 aliphatic rings. The van der Waals surface area contributed by atoms with Crippen LogP contribution in [0.25, 0.3) is 0 Å². The van der Waals surface area contributed by atoms with Crippen LogP contribution in [0.5, 0.6) is 0 Å². The SMILES string of the molecule is CCCCCCCCCC(=O)OC[C@H](COC(=O)CCCCCCCCCCCCCCCCCCCCC(C)CC)OC(=O)CCCCCCCCCCCCCCCC(C)C. The number of carbonyl (C=O) groups is 3. The predicted octanol–water partition coefficient (Wildman–Crippen LogP) is 18.5. The van der Waals surface area contributed by atoms with E-state index in [4.69, 9.17) is 14.2 Å². The van der Waals surface area contributed by atoms with E-state index in [0.29, 0.717) is 19.3 Å². The van der Waals surface area contributed by atoms with Crippen LogP contribution in [0.3, 0.4) is 0 Å². The summed E-state index contributed by atoms with van der Waals surface area (Å²) in [7, 11) is 0. The van der Waals surface area contributed by atoms with Crippen LogP contribution in [0.2, 0.25) is 0 Å². The summed E-state index contributed by atoms with van der Waals surface area (Å²) in [6, 6.07) is 0. The molecular formula is C57H110O6. The Balaban J connectivity index is 4.12. The quantitative estimate of drug-likeness (QED) is 0.0344. The van der Waals surface area contributed by atoms with E-state index in [-0.39, 0.29) is 31.1 Å². The summed E-state index contributed by atoms with van der Waals surface area (Å²) in [5.41, 5.74) is 0. The second-order valence-electron chi connectivity index (χ2n) is 20.3. The van der Waals surface area contributed by atoms with Crippen molar-refractivity contribution in [3.63, 3.8) is 0 Å². The van der Waals surface area contributed by atoms with Crippen molar-refractivity contribution < 1.29 is 28.6 Å². The maximum Gasteiger partial charge on any atom is 0.306 e. The number of hydrogen-bond donors (Lipinski definition) is 0. The summed E-state index contributed by atoms with van der Waals surface area (Å²) in [5.74, 6) is 0.899. The van der Waals surface area contributed by atoms with E-state index in [0.717, 1.165) is 69.6 Å². The predicted molar refractivity (Wildman–Crippen MR) is 270 cm³/mol. The lowest BCUT2D eigenvalue weighted by Gasteiger charge is -2.18. The molecule has 0 radical (unpaired) electrons. The Hall–Kier alpha value is -1.59. The molecule has 374 valence electrons. The van der Waals surface area contributed by atoms with Crippen LogP contribution in [0.15, 0.2) is 0 Å². The maximum absolute atomic E-state index is 12.8. The van der Waals surface area contributed by atoms with Crippen molar-refractivity contribution in [3.8, 4) is 0 Å². The lowest BCUT2D eigenvalue weighted by atomic mass is 9.99. The van der Waals surface area contributed by atoms with E-state index in [1.54, 1.807) is 0 Å². The van der Waals surface area contributed by atoms with Gasteiger partial charge in [0.05, 0.1) is 0 Å². The zero-order valence-corrected chi connectivity index (χ0v) is 43.2. The molecule has 0 aromatic rings. The largest absolute Gasteiger partial charge is 0.462 e. The van der Waals surface area contributed by atoms with Crippen molar-refractivity contribution >= 4 is 17.9 Å². The van der Waals surface area contributed by atoms with Crippen LogP contribution < -0.4 is 0 Å². The lowest BCUT2D eigenvalue weighted by Crippen LogP contribution is -2.30. The third-order valence-electron chi connectivity index (χ3n) is 13.3. The molecule has 2 atom stereocenters. The smallest absolute Gasteiger partial charge is 0.306 e. The number of carbonyl (C=O) groups excluding carboxylic acids is 3. The Morgan fingerprint density at radius 2 is 0.603 bits per heavy atom. The van der Waals surface area contributed by atoms with E-state index in [1.807, 2.05) is 0 Å². The first-order chi connectivity index (χ1) is 30.8. The highest BCUT2D eigenvalue weighted by Crippen LogP contribution is 2.18. The molecule has 0 spiro atoms. The van der Waals surface area contributed by atoms with Gasteiger partial charge in [-0.1, -0.05) is 279 Å². The number of ether oxygens (including phenoxy) is 3. The van der Waals surface area contributed by atoms with Gasteiger partial charge in [-0.05, 0) is 31.1 Å². The fraction of sp³-hybridized carbons (Fsp3) is 0.947. The molecule has 0 amide bonds. The van der Waals surface area contributed by atoms with Crippen molar-refractivity contribution in [2.24, 2.45) is 11.8 Å². The average Bonchev–Trinajstić information content (AvgIpc) is 3.27. The second kappa shape index (κ2) is 49.8. The lowest BCUT2D eigenvalue weighted by molar-refractivity contribution is -0.167. The van der Waals surface area contributed by atoms with E-state index in [1.165, 1.54) is 205 Å². The Morgan fingerprint density at radius 1 is 0.333 bits per heavy atom. The molecule has 0 saturated carbocycles. The van der Waals surface area contributed by atoms with Gasteiger partial charge in [0.15, 0.2) is 6.10 Å². The van der Waals surface area contributed by atoms with Gasteiger partial charge in [-0.15, -0.1) is 0 Å². The molecule has 0 saturated heterocycles. The Kier molecular flexibility index (Phi) is 48.6. The summed E-state index contributed by atoms with van der Waals surface area (Å²) in [4.78, 5) is 37.9. The highest BCUT2D eigenvalue weighted by molar-refractivity contribution is 5.71. The van der Waals surface area contributed by atoms with Gasteiger partial charge in [0.25, 0.3) is 0 Å². The van der Waals surface area contributed by atoms with E-state index >= 15 is 0 Å². The summed E-state index contributed by atoms with van der Waals surface area (Å²) in [6.45, 7) is 11.4. The average molecular weight is 892 g/mol. The molecule has 63 heavy (non-hydrogen) atoms.